The van der Waals surface area contributed by atoms with Crippen LogP contribution >= 0.6 is 0 Å². The highest BCUT2D eigenvalue weighted by molar-refractivity contribution is 5.53. The van der Waals surface area contributed by atoms with Crippen molar-refractivity contribution in [2.24, 2.45) is 5.92 Å². The number of para-hydroxylation sites is 1. The summed E-state index contributed by atoms with van der Waals surface area (Å²) >= 11 is 0. The predicted octanol–water partition coefficient (Wildman–Crippen LogP) is 2.68. The number of anilines is 1. The minimum atomic E-state index is 0.611. The van der Waals surface area contributed by atoms with Crippen molar-refractivity contribution in [1.82, 2.24) is 0 Å². The third-order valence-electron chi connectivity index (χ3n) is 2.80. The molecule has 1 aromatic carbocycles. The average molecular weight is 161 g/mol. The van der Waals surface area contributed by atoms with Gasteiger partial charge in [0.15, 0.2) is 0 Å². The molecule has 64 valence electrons. The van der Waals surface area contributed by atoms with Crippen LogP contribution in [0.2, 0.25) is 0 Å². The maximum atomic E-state index is 3.51. The van der Waals surface area contributed by atoms with E-state index in [1.54, 1.807) is 0 Å². The average Bonchev–Trinajstić information content (AvgIpc) is 2.07. The van der Waals surface area contributed by atoms with Crippen LogP contribution in [-0.4, -0.2) is 6.04 Å². The van der Waals surface area contributed by atoms with Crippen LogP contribution in [0.15, 0.2) is 24.3 Å². The highest BCUT2D eigenvalue weighted by Gasteiger charge is 2.19. The van der Waals surface area contributed by atoms with Gasteiger partial charge >= 0.3 is 0 Å². The molecule has 2 rings (SSSR count). The lowest BCUT2D eigenvalue weighted by molar-refractivity contribution is 0.491. The smallest absolute Gasteiger partial charge is 0.0374 e. The summed E-state index contributed by atoms with van der Waals surface area (Å²) in [5, 5.41) is 3.51. The van der Waals surface area contributed by atoms with E-state index < -0.39 is 0 Å². The van der Waals surface area contributed by atoms with Crippen LogP contribution in [-0.2, 0) is 6.42 Å². The fourth-order valence-electron chi connectivity index (χ4n) is 1.75. The Morgan fingerprint density at radius 3 is 2.83 bits per heavy atom. The lowest BCUT2D eigenvalue weighted by atomic mass is 9.90. The molecule has 0 aliphatic carbocycles. The van der Waals surface area contributed by atoms with Gasteiger partial charge in [0.25, 0.3) is 0 Å². The van der Waals surface area contributed by atoms with Gasteiger partial charge in [0.1, 0.15) is 0 Å². The van der Waals surface area contributed by atoms with Gasteiger partial charge in [-0.15, -0.1) is 0 Å². The van der Waals surface area contributed by atoms with Gasteiger partial charge in [0, 0.05) is 11.7 Å². The molecule has 0 saturated heterocycles. The Morgan fingerprint density at radius 2 is 2.00 bits per heavy atom. The molecule has 1 aromatic rings. The van der Waals surface area contributed by atoms with Crippen LogP contribution in [0.1, 0.15) is 19.4 Å². The first-order chi connectivity index (χ1) is 5.77. The molecule has 0 radical (unpaired) electrons. The maximum absolute atomic E-state index is 3.51. The second-order valence-corrected chi connectivity index (χ2v) is 3.77. The Kier molecular flexibility index (Phi) is 1.80. The van der Waals surface area contributed by atoms with Gasteiger partial charge in [-0.3, -0.25) is 0 Å². The zero-order valence-electron chi connectivity index (χ0n) is 7.67. The number of benzene rings is 1. The number of fused-ring (bicyclic) bond motifs is 1. The van der Waals surface area contributed by atoms with E-state index in [4.69, 9.17) is 0 Å². The monoisotopic (exact) mass is 161 g/mol. The first-order valence-electron chi connectivity index (χ1n) is 4.62. The zero-order chi connectivity index (χ0) is 8.55. The summed E-state index contributed by atoms with van der Waals surface area (Å²) in [5.74, 6) is 0.750. The molecule has 1 N–H and O–H groups in total. The number of hydrogen-bond donors (Lipinski definition) is 1. The van der Waals surface area contributed by atoms with Crippen molar-refractivity contribution < 1.29 is 0 Å². The number of rotatable bonds is 0. The first kappa shape index (κ1) is 7.66. The fraction of sp³-hybridized carbons (Fsp3) is 0.455. The van der Waals surface area contributed by atoms with Crippen molar-refractivity contribution in [2.75, 3.05) is 5.32 Å². The molecule has 12 heavy (non-hydrogen) atoms. The van der Waals surface area contributed by atoms with E-state index in [0.29, 0.717) is 6.04 Å². The fourth-order valence-corrected chi connectivity index (χ4v) is 1.75. The van der Waals surface area contributed by atoms with Crippen LogP contribution in [0, 0.1) is 5.92 Å². The Hall–Kier alpha value is -0.980. The van der Waals surface area contributed by atoms with Crippen LogP contribution < -0.4 is 5.32 Å². The minimum Gasteiger partial charge on any atom is -0.382 e. The number of nitrogens with one attached hydrogen (secondary N) is 1. The summed E-state index contributed by atoms with van der Waals surface area (Å²) < 4.78 is 0. The van der Waals surface area contributed by atoms with E-state index in [2.05, 4.69) is 43.4 Å². The Morgan fingerprint density at radius 1 is 1.25 bits per heavy atom. The molecule has 1 aliphatic rings. The van der Waals surface area contributed by atoms with Crippen molar-refractivity contribution >= 4 is 5.69 Å². The molecule has 0 bridgehead atoms. The molecule has 0 spiro atoms. The molecule has 1 heterocycles. The lowest BCUT2D eigenvalue weighted by Gasteiger charge is -2.29. The molecular formula is C11H15N. The molecule has 1 nitrogen and oxygen atoms in total. The van der Waals surface area contributed by atoms with Crippen molar-refractivity contribution in [3.63, 3.8) is 0 Å². The van der Waals surface area contributed by atoms with Crippen molar-refractivity contribution in [3.05, 3.63) is 29.8 Å². The van der Waals surface area contributed by atoms with Crippen LogP contribution in [0.4, 0.5) is 5.69 Å². The minimum absolute atomic E-state index is 0.611. The first-order valence-corrected chi connectivity index (χ1v) is 4.62. The van der Waals surface area contributed by atoms with Crippen LogP contribution in [0.25, 0.3) is 0 Å². The topological polar surface area (TPSA) is 12.0 Å². The van der Waals surface area contributed by atoms with E-state index in [0.717, 1.165) is 5.92 Å². The third-order valence-corrected chi connectivity index (χ3v) is 2.80. The van der Waals surface area contributed by atoms with E-state index in [1.807, 2.05) is 0 Å². The Bertz CT molecular complexity index is 251. The van der Waals surface area contributed by atoms with E-state index in [9.17, 15) is 0 Å². The predicted molar refractivity (Wildman–Crippen MR) is 52.4 cm³/mol. The maximum Gasteiger partial charge on any atom is 0.0374 e. The van der Waals surface area contributed by atoms with Crippen molar-refractivity contribution in [1.29, 1.82) is 0 Å². The SMILES string of the molecule is CC1Cc2ccccc2NC1C. The second kappa shape index (κ2) is 2.81. The molecule has 0 saturated carbocycles. The zero-order valence-corrected chi connectivity index (χ0v) is 7.67. The molecule has 1 heteroatoms. The molecular weight excluding hydrogens is 146 g/mol. The summed E-state index contributed by atoms with van der Waals surface area (Å²) in [6.07, 6.45) is 1.21. The van der Waals surface area contributed by atoms with Crippen molar-refractivity contribution in [2.45, 2.75) is 26.3 Å². The van der Waals surface area contributed by atoms with Gasteiger partial charge in [-0.05, 0) is 30.9 Å². The molecule has 0 amide bonds. The number of hydrogen-bond acceptors (Lipinski definition) is 1. The van der Waals surface area contributed by atoms with Gasteiger partial charge in [-0.25, -0.2) is 0 Å². The van der Waals surface area contributed by atoms with Crippen LogP contribution in [0.5, 0.6) is 0 Å². The molecule has 2 unspecified atom stereocenters. The van der Waals surface area contributed by atoms with Gasteiger partial charge < -0.3 is 5.32 Å². The standard InChI is InChI=1S/C11H15N/c1-8-7-10-5-3-4-6-11(10)12-9(8)2/h3-6,8-9,12H,7H2,1-2H3. The summed E-state index contributed by atoms with van der Waals surface area (Å²) in [7, 11) is 0. The summed E-state index contributed by atoms with van der Waals surface area (Å²) in [5.41, 5.74) is 2.78. The van der Waals surface area contributed by atoms with E-state index in [-0.39, 0.29) is 0 Å². The largest absolute Gasteiger partial charge is 0.382 e. The van der Waals surface area contributed by atoms with Gasteiger partial charge in [0.05, 0.1) is 0 Å². The molecule has 1 aliphatic heterocycles. The summed E-state index contributed by atoms with van der Waals surface area (Å²) in [4.78, 5) is 0. The lowest BCUT2D eigenvalue weighted by Crippen LogP contribution is -2.30. The van der Waals surface area contributed by atoms with Gasteiger partial charge in [-0.1, -0.05) is 25.1 Å². The third kappa shape index (κ3) is 1.20. The van der Waals surface area contributed by atoms with Gasteiger partial charge in [0.2, 0.25) is 0 Å². The molecule has 0 fully saturated rings. The van der Waals surface area contributed by atoms with E-state index in [1.165, 1.54) is 17.7 Å². The highest BCUT2D eigenvalue weighted by atomic mass is 14.9. The quantitative estimate of drug-likeness (QED) is 0.617. The Labute approximate surface area is 73.8 Å². The molecule has 2 atom stereocenters. The Balaban J connectivity index is 2.34. The second-order valence-electron chi connectivity index (χ2n) is 3.77. The van der Waals surface area contributed by atoms with E-state index >= 15 is 0 Å². The summed E-state index contributed by atoms with van der Waals surface area (Å²) in [6.45, 7) is 4.55. The summed E-state index contributed by atoms with van der Waals surface area (Å²) in [6, 6.07) is 9.19. The normalized spacial score (nSPS) is 27.5. The highest BCUT2D eigenvalue weighted by Crippen LogP contribution is 2.27. The van der Waals surface area contributed by atoms with Crippen LogP contribution in [0.3, 0.4) is 0 Å². The van der Waals surface area contributed by atoms with Gasteiger partial charge in [-0.2, -0.15) is 0 Å². The van der Waals surface area contributed by atoms with Crippen molar-refractivity contribution in [3.8, 4) is 0 Å². The molecule has 0 aromatic heterocycles.